The van der Waals surface area contributed by atoms with E-state index in [0.717, 1.165) is 0 Å². The Morgan fingerprint density at radius 3 is 2.33 bits per heavy atom. The summed E-state index contributed by atoms with van der Waals surface area (Å²) in [5.41, 5.74) is 1.22. The quantitative estimate of drug-likeness (QED) is 0.881. The minimum atomic E-state index is -0.977. The van der Waals surface area contributed by atoms with Crippen LogP contribution in [0.4, 0.5) is 11.4 Å². The number of amidine groups is 1. The van der Waals surface area contributed by atoms with Crippen molar-refractivity contribution in [3.05, 3.63) is 60.7 Å². The van der Waals surface area contributed by atoms with E-state index < -0.39 is 6.04 Å². The zero-order chi connectivity index (χ0) is 16.9. The van der Waals surface area contributed by atoms with Crippen molar-refractivity contribution >= 4 is 29.0 Å². The molecule has 1 atom stereocenters. The number of anilines is 1. The number of para-hydroxylation sites is 1. The molecule has 2 aromatic carbocycles. The van der Waals surface area contributed by atoms with Crippen LogP contribution >= 0.6 is 0 Å². The second-order valence-electron chi connectivity index (χ2n) is 5.11. The van der Waals surface area contributed by atoms with Crippen molar-refractivity contribution in [3.63, 3.8) is 0 Å². The van der Waals surface area contributed by atoms with Gasteiger partial charge in [0.2, 0.25) is 11.9 Å². The number of carbonyl (C=O) groups is 2. The van der Waals surface area contributed by atoms with Gasteiger partial charge in [-0.1, -0.05) is 36.4 Å². The largest absolute Gasteiger partial charge is 0.311 e. The van der Waals surface area contributed by atoms with Crippen molar-refractivity contribution in [2.24, 2.45) is 15.3 Å². The lowest BCUT2D eigenvalue weighted by molar-refractivity contribution is -0.117. The predicted octanol–water partition coefficient (Wildman–Crippen LogP) is 2.64. The van der Waals surface area contributed by atoms with Gasteiger partial charge in [0.1, 0.15) is 0 Å². The highest BCUT2D eigenvalue weighted by molar-refractivity contribution is 6.21. The fraction of sp³-hybridized carbons (Fsp3) is 0.118. The average molecular weight is 321 g/mol. The topological polar surface area (TPSA) is 86.5 Å². The summed E-state index contributed by atoms with van der Waals surface area (Å²) in [5, 5.41) is 16.1. The number of benzene rings is 2. The zero-order valence-electron chi connectivity index (χ0n) is 13.0. The highest BCUT2D eigenvalue weighted by atomic mass is 16.2. The molecular weight excluding hydrogens is 306 g/mol. The van der Waals surface area contributed by atoms with Crippen molar-refractivity contribution in [1.29, 1.82) is 0 Å². The van der Waals surface area contributed by atoms with Gasteiger partial charge in [-0.25, -0.2) is 0 Å². The zero-order valence-corrected chi connectivity index (χ0v) is 13.0. The Balaban J connectivity index is 1.89. The van der Waals surface area contributed by atoms with Gasteiger partial charge >= 0.3 is 0 Å². The third kappa shape index (κ3) is 3.35. The molecule has 0 saturated carbocycles. The number of amides is 2. The number of carbonyl (C=O) groups excluding carboxylic acids is 2. The molecule has 0 fully saturated rings. The summed E-state index contributed by atoms with van der Waals surface area (Å²) in [6.07, 6.45) is 0. The van der Waals surface area contributed by atoms with Crippen LogP contribution in [0.1, 0.15) is 6.92 Å². The van der Waals surface area contributed by atoms with Crippen LogP contribution in [0.25, 0.3) is 0 Å². The molecule has 0 aliphatic carbocycles. The van der Waals surface area contributed by atoms with E-state index in [4.69, 9.17) is 0 Å². The molecule has 7 nitrogen and oxygen atoms in total. The van der Waals surface area contributed by atoms with Gasteiger partial charge in [0, 0.05) is 6.92 Å². The summed E-state index contributed by atoms with van der Waals surface area (Å²) in [7, 11) is 0. The van der Waals surface area contributed by atoms with E-state index in [1.54, 1.807) is 36.4 Å². The number of hydrogen-bond donors (Lipinski definition) is 1. The molecule has 1 aliphatic heterocycles. The number of hydrazone groups is 1. The summed E-state index contributed by atoms with van der Waals surface area (Å²) >= 11 is 0. The van der Waals surface area contributed by atoms with Crippen LogP contribution in [-0.4, -0.2) is 23.7 Å². The Morgan fingerprint density at radius 1 is 1.08 bits per heavy atom. The van der Waals surface area contributed by atoms with Gasteiger partial charge in [-0.2, -0.15) is 15.2 Å². The Kier molecular flexibility index (Phi) is 4.42. The summed E-state index contributed by atoms with van der Waals surface area (Å²) in [6.45, 7) is 1.35. The lowest BCUT2D eigenvalue weighted by Crippen LogP contribution is -2.38. The second-order valence-corrected chi connectivity index (χ2v) is 5.11. The number of nitrogens with zero attached hydrogens (tertiary/aromatic N) is 4. The fourth-order valence-electron chi connectivity index (χ4n) is 2.20. The number of azo groups is 1. The lowest BCUT2D eigenvalue weighted by Gasteiger charge is -2.11. The van der Waals surface area contributed by atoms with E-state index >= 15 is 0 Å². The number of nitrogens with one attached hydrogen (secondary N) is 1. The maximum absolute atomic E-state index is 12.6. The van der Waals surface area contributed by atoms with Gasteiger partial charge in [-0.3, -0.25) is 9.59 Å². The summed E-state index contributed by atoms with van der Waals surface area (Å²) < 4.78 is 0. The molecule has 0 aromatic heterocycles. The van der Waals surface area contributed by atoms with E-state index in [1.807, 2.05) is 24.3 Å². The monoisotopic (exact) mass is 321 g/mol. The van der Waals surface area contributed by atoms with Crippen LogP contribution in [0.3, 0.4) is 0 Å². The molecule has 0 spiro atoms. The summed E-state index contributed by atoms with van der Waals surface area (Å²) in [5.74, 6) is -0.531. The molecule has 0 bridgehead atoms. The molecule has 0 unspecified atom stereocenters. The molecule has 3 rings (SSSR count). The van der Waals surface area contributed by atoms with Gasteiger partial charge in [0.15, 0.2) is 5.84 Å². The van der Waals surface area contributed by atoms with Crippen LogP contribution in [0.15, 0.2) is 76.0 Å². The van der Waals surface area contributed by atoms with E-state index in [9.17, 15) is 9.59 Å². The molecule has 24 heavy (non-hydrogen) atoms. The summed E-state index contributed by atoms with van der Waals surface area (Å²) in [6, 6.07) is 17.0. The molecule has 1 aliphatic rings. The first-order valence-electron chi connectivity index (χ1n) is 7.36. The summed E-state index contributed by atoms with van der Waals surface area (Å²) in [4.78, 5) is 24.0. The van der Waals surface area contributed by atoms with Crippen molar-refractivity contribution < 1.29 is 9.59 Å². The molecule has 2 aromatic rings. The SMILES string of the molecule is CC(=O)NC1=NN(c2ccccc2)C(=O)[C@H]1N=Nc1ccccc1. The predicted molar refractivity (Wildman–Crippen MR) is 89.9 cm³/mol. The van der Waals surface area contributed by atoms with Crippen LogP contribution in [-0.2, 0) is 9.59 Å². The van der Waals surface area contributed by atoms with Gasteiger partial charge in [-0.05, 0) is 24.3 Å². The van der Waals surface area contributed by atoms with E-state index in [0.29, 0.717) is 11.4 Å². The van der Waals surface area contributed by atoms with Crippen molar-refractivity contribution in [2.45, 2.75) is 13.0 Å². The van der Waals surface area contributed by atoms with Crippen molar-refractivity contribution in [2.75, 3.05) is 5.01 Å². The maximum atomic E-state index is 12.6. The van der Waals surface area contributed by atoms with E-state index in [1.165, 1.54) is 11.9 Å². The van der Waals surface area contributed by atoms with Crippen LogP contribution in [0.5, 0.6) is 0 Å². The van der Waals surface area contributed by atoms with Crippen LogP contribution in [0.2, 0.25) is 0 Å². The fourth-order valence-corrected chi connectivity index (χ4v) is 2.20. The van der Waals surface area contributed by atoms with Crippen molar-refractivity contribution in [3.8, 4) is 0 Å². The van der Waals surface area contributed by atoms with Crippen LogP contribution in [0, 0.1) is 0 Å². The van der Waals surface area contributed by atoms with Gasteiger partial charge in [0.25, 0.3) is 5.91 Å². The smallest absolute Gasteiger partial charge is 0.282 e. The maximum Gasteiger partial charge on any atom is 0.282 e. The van der Waals surface area contributed by atoms with E-state index in [-0.39, 0.29) is 17.6 Å². The lowest BCUT2D eigenvalue weighted by atomic mass is 10.2. The Morgan fingerprint density at radius 2 is 1.71 bits per heavy atom. The third-order valence-electron chi connectivity index (χ3n) is 3.26. The normalized spacial score (nSPS) is 17.2. The highest BCUT2D eigenvalue weighted by Crippen LogP contribution is 2.22. The molecule has 0 radical (unpaired) electrons. The number of rotatable bonds is 3. The minimum absolute atomic E-state index is 0.163. The standard InChI is InChI=1S/C17H15N5O2/c1-12(23)18-16-15(20-19-13-8-4-2-5-9-13)17(24)22(21-16)14-10-6-3-7-11-14/h2-11,15H,1H3,(H,18,21,23)/t15-/m0/s1. The minimum Gasteiger partial charge on any atom is -0.311 e. The first-order chi connectivity index (χ1) is 11.6. The molecule has 0 saturated heterocycles. The van der Waals surface area contributed by atoms with Gasteiger partial charge in [0.05, 0.1) is 11.4 Å². The highest BCUT2D eigenvalue weighted by Gasteiger charge is 2.37. The third-order valence-corrected chi connectivity index (χ3v) is 3.26. The molecule has 7 heteroatoms. The first kappa shape index (κ1) is 15.5. The Labute approximate surface area is 138 Å². The molecule has 120 valence electrons. The molecule has 2 amide bonds. The van der Waals surface area contributed by atoms with Crippen LogP contribution < -0.4 is 10.3 Å². The molecule has 1 heterocycles. The number of hydrogen-bond acceptors (Lipinski definition) is 5. The van der Waals surface area contributed by atoms with Crippen molar-refractivity contribution in [1.82, 2.24) is 5.32 Å². The molecule has 1 N–H and O–H groups in total. The molecular formula is C17H15N5O2. The van der Waals surface area contributed by atoms with Gasteiger partial charge < -0.3 is 5.32 Å². The average Bonchev–Trinajstić information content (AvgIpc) is 2.90. The Bertz CT molecular complexity index is 802. The second kappa shape index (κ2) is 6.82. The van der Waals surface area contributed by atoms with Gasteiger partial charge in [-0.15, -0.1) is 5.10 Å². The van der Waals surface area contributed by atoms with E-state index in [2.05, 4.69) is 20.6 Å². The Hall–Kier alpha value is -3.35. The first-order valence-corrected chi connectivity index (χ1v) is 7.36.